The summed E-state index contributed by atoms with van der Waals surface area (Å²) < 4.78 is 5.01. The fourth-order valence-corrected chi connectivity index (χ4v) is 1.05. The Kier molecular flexibility index (Phi) is 3.32. The van der Waals surface area contributed by atoms with Gasteiger partial charge in [-0.05, 0) is 19.8 Å². The van der Waals surface area contributed by atoms with E-state index in [0.717, 1.165) is 12.8 Å². The number of rotatable bonds is 2. The van der Waals surface area contributed by atoms with Gasteiger partial charge in [-0.3, -0.25) is 4.79 Å². The molecule has 1 amide bonds. The van der Waals surface area contributed by atoms with Gasteiger partial charge < -0.3 is 10.1 Å². The summed E-state index contributed by atoms with van der Waals surface area (Å²) in [5, 5.41) is 11.0. The fraction of sp³-hybridized carbons (Fsp3) is 0.556. The Bertz CT molecular complexity index is 265. The molecular weight excluding hydrogens is 168 g/mol. The van der Waals surface area contributed by atoms with Crippen LogP contribution in [0.25, 0.3) is 0 Å². The third-order valence-electron chi connectivity index (χ3n) is 1.77. The van der Waals surface area contributed by atoms with Gasteiger partial charge in [0.2, 0.25) is 0 Å². The van der Waals surface area contributed by atoms with Crippen molar-refractivity contribution in [2.24, 2.45) is 0 Å². The number of nitrogens with one attached hydrogen (secondary N) is 1. The van der Waals surface area contributed by atoms with E-state index in [1.54, 1.807) is 6.92 Å². The highest BCUT2D eigenvalue weighted by molar-refractivity contribution is 5.93. The van der Waals surface area contributed by atoms with Crippen molar-refractivity contribution in [1.82, 2.24) is 5.32 Å². The van der Waals surface area contributed by atoms with E-state index in [2.05, 4.69) is 5.32 Å². The molecule has 0 fully saturated rings. The van der Waals surface area contributed by atoms with E-state index in [1.807, 2.05) is 6.07 Å². The summed E-state index contributed by atoms with van der Waals surface area (Å²) in [4.78, 5) is 11.4. The van der Waals surface area contributed by atoms with Crippen LogP contribution in [0.2, 0.25) is 0 Å². The second-order valence-corrected chi connectivity index (χ2v) is 2.94. The van der Waals surface area contributed by atoms with E-state index in [0.29, 0.717) is 12.2 Å². The summed E-state index contributed by atoms with van der Waals surface area (Å²) in [5.74, 6) is -0.200. The summed E-state index contributed by atoms with van der Waals surface area (Å²) in [7, 11) is 0. The lowest BCUT2D eigenvalue weighted by Gasteiger charge is -2.13. The lowest BCUT2D eigenvalue weighted by Crippen LogP contribution is -2.33. The molecule has 13 heavy (non-hydrogen) atoms. The van der Waals surface area contributed by atoms with Gasteiger partial charge in [-0.1, -0.05) is 0 Å². The van der Waals surface area contributed by atoms with Crippen LogP contribution in [0, 0.1) is 11.3 Å². The molecule has 0 saturated heterocycles. The average molecular weight is 180 g/mol. The van der Waals surface area contributed by atoms with Crippen LogP contribution in [-0.2, 0) is 9.53 Å². The summed E-state index contributed by atoms with van der Waals surface area (Å²) in [5.41, 5.74) is 0.619. The maximum absolute atomic E-state index is 11.4. The molecule has 0 bridgehead atoms. The maximum Gasteiger partial charge on any atom is 0.251 e. The number of carbonyl (C=O) groups excluding carboxylic acids is 1. The van der Waals surface area contributed by atoms with Gasteiger partial charge in [0.15, 0.2) is 0 Å². The summed E-state index contributed by atoms with van der Waals surface area (Å²) >= 11 is 0. The Morgan fingerprint density at radius 2 is 2.62 bits per heavy atom. The number of hydrogen-bond donors (Lipinski definition) is 1. The Hall–Kier alpha value is -1.50. The number of nitriles is 1. The van der Waals surface area contributed by atoms with Crippen LogP contribution in [0.4, 0.5) is 0 Å². The molecule has 0 aromatic rings. The highest BCUT2D eigenvalue weighted by Gasteiger charge is 2.14. The van der Waals surface area contributed by atoms with Gasteiger partial charge in [-0.25, -0.2) is 0 Å². The molecule has 1 atom stereocenters. The van der Waals surface area contributed by atoms with E-state index in [4.69, 9.17) is 10.00 Å². The van der Waals surface area contributed by atoms with Crippen molar-refractivity contribution in [2.45, 2.75) is 25.8 Å². The molecule has 0 unspecified atom stereocenters. The second kappa shape index (κ2) is 4.51. The third kappa shape index (κ3) is 2.79. The predicted molar refractivity (Wildman–Crippen MR) is 46.5 cm³/mol. The molecule has 1 aliphatic rings. The van der Waals surface area contributed by atoms with Crippen molar-refractivity contribution >= 4 is 5.91 Å². The minimum Gasteiger partial charge on any atom is -0.501 e. The molecule has 1 aliphatic heterocycles. The van der Waals surface area contributed by atoms with Crippen molar-refractivity contribution in [3.63, 3.8) is 0 Å². The summed E-state index contributed by atoms with van der Waals surface area (Å²) in [6, 6.07) is 1.49. The van der Waals surface area contributed by atoms with E-state index in [9.17, 15) is 4.79 Å². The number of ether oxygens (including phenoxy) is 1. The van der Waals surface area contributed by atoms with Gasteiger partial charge in [0.25, 0.3) is 5.91 Å². The third-order valence-corrected chi connectivity index (χ3v) is 1.77. The normalized spacial score (nSPS) is 17.7. The molecule has 1 heterocycles. The Morgan fingerprint density at radius 3 is 3.15 bits per heavy atom. The Morgan fingerprint density at radius 1 is 1.85 bits per heavy atom. The quantitative estimate of drug-likeness (QED) is 0.680. The molecule has 0 spiro atoms. The van der Waals surface area contributed by atoms with Gasteiger partial charge in [0, 0.05) is 0 Å². The lowest BCUT2D eigenvalue weighted by molar-refractivity contribution is -0.118. The van der Waals surface area contributed by atoms with Crippen molar-refractivity contribution < 1.29 is 9.53 Å². The molecule has 0 aromatic carbocycles. The monoisotopic (exact) mass is 180 g/mol. The van der Waals surface area contributed by atoms with Crippen LogP contribution < -0.4 is 5.32 Å². The predicted octanol–water partition coefficient (Wildman–Crippen LogP) is 0.709. The van der Waals surface area contributed by atoms with E-state index in [-0.39, 0.29) is 5.91 Å². The molecule has 0 saturated carbocycles. The first-order valence-electron chi connectivity index (χ1n) is 4.25. The molecule has 4 nitrogen and oxygen atoms in total. The van der Waals surface area contributed by atoms with Crippen molar-refractivity contribution in [1.29, 1.82) is 5.26 Å². The average Bonchev–Trinajstić information content (AvgIpc) is 2.19. The molecule has 0 radical (unpaired) electrons. The molecular formula is C9H12N2O2. The highest BCUT2D eigenvalue weighted by atomic mass is 16.5. The van der Waals surface area contributed by atoms with Crippen LogP contribution >= 0.6 is 0 Å². The highest BCUT2D eigenvalue weighted by Crippen LogP contribution is 2.11. The van der Waals surface area contributed by atoms with E-state index < -0.39 is 6.04 Å². The zero-order valence-electron chi connectivity index (χ0n) is 7.54. The molecule has 4 heteroatoms. The zero-order chi connectivity index (χ0) is 9.68. The first-order chi connectivity index (χ1) is 6.24. The number of hydrogen-bond acceptors (Lipinski definition) is 3. The smallest absolute Gasteiger partial charge is 0.251 e. The maximum atomic E-state index is 11.4. The van der Waals surface area contributed by atoms with Gasteiger partial charge in [0.05, 0.1) is 24.5 Å². The zero-order valence-corrected chi connectivity index (χ0v) is 7.54. The summed E-state index contributed by atoms with van der Waals surface area (Å²) in [6.07, 6.45) is 3.06. The number of nitrogens with zero attached hydrogens (tertiary/aromatic N) is 1. The standard InChI is InChI=1S/C9H12N2O2/c1-7(5-10)11-9(12)8-3-2-4-13-6-8/h6-7H,2-4H2,1H3,(H,11,12)/t7-/m0/s1. The molecule has 70 valence electrons. The minimum atomic E-state index is -0.449. The summed E-state index contributed by atoms with van der Waals surface area (Å²) in [6.45, 7) is 2.31. The first kappa shape index (κ1) is 9.59. The largest absolute Gasteiger partial charge is 0.501 e. The van der Waals surface area contributed by atoms with Crippen molar-refractivity contribution in [3.05, 3.63) is 11.8 Å². The van der Waals surface area contributed by atoms with Gasteiger partial charge in [-0.15, -0.1) is 0 Å². The minimum absolute atomic E-state index is 0.200. The lowest BCUT2D eigenvalue weighted by atomic mass is 10.1. The van der Waals surface area contributed by atoms with Crippen LogP contribution in [-0.4, -0.2) is 18.6 Å². The van der Waals surface area contributed by atoms with Crippen LogP contribution in [0.1, 0.15) is 19.8 Å². The van der Waals surface area contributed by atoms with Crippen LogP contribution in [0.3, 0.4) is 0 Å². The van der Waals surface area contributed by atoms with Gasteiger partial charge >= 0.3 is 0 Å². The van der Waals surface area contributed by atoms with Crippen LogP contribution in [0.15, 0.2) is 11.8 Å². The van der Waals surface area contributed by atoms with Crippen molar-refractivity contribution in [3.8, 4) is 6.07 Å². The van der Waals surface area contributed by atoms with Crippen molar-refractivity contribution in [2.75, 3.05) is 6.61 Å². The number of carbonyl (C=O) groups is 1. The Labute approximate surface area is 77.2 Å². The first-order valence-corrected chi connectivity index (χ1v) is 4.25. The molecule has 0 aliphatic carbocycles. The molecule has 1 rings (SSSR count). The van der Waals surface area contributed by atoms with Gasteiger partial charge in [0.1, 0.15) is 6.04 Å². The topological polar surface area (TPSA) is 62.1 Å². The molecule has 1 N–H and O–H groups in total. The number of amides is 1. The second-order valence-electron chi connectivity index (χ2n) is 2.94. The van der Waals surface area contributed by atoms with Crippen LogP contribution in [0.5, 0.6) is 0 Å². The van der Waals surface area contributed by atoms with E-state index in [1.165, 1.54) is 6.26 Å². The molecule has 0 aromatic heterocycles. The van der Waals surface area contributed by atoms with Gasteiger partial charge in [-0.2, -0.15) is 5.26 Å². The SMILES string of the molecule is C[C@@H](C#N)NC(=O)C1=COCCC1. The Balaban J connectivity index is 2.48. The fourth-order valence-electron chi connectivity index (χ4n) is 1.05. The van der Waals surface area contributed by atoms with E-state index >= 15 is 0 Å².